The highest BCUT2D eigenvalue weighted by molar-refractivity contribution is 6.06. The number of guanidine groups is 1. The molecule has 0 aromatic carbocycles. The maximum atomic E-state index is 12.8. The highest BCUT2D eigenvalue weighted by atomic mass is 16.2. The van der Waals surface area contributed by atoms with Crippen LogP contribution in [0.4, 0.5) is 0 Å². The van der Waals surface area contributed by atoms with Crippen LogP contribution in [-0.2, 0) is 9.59 Å². The zero-order valence-electron chi connectivity index (χ0n) is 17.9. The van der Waals surface area contributed by atoms with Crippen molar-refractivity contribution in [3.8, 4) is 0 Å². The topological polar surface area (TPSA) is 86.7 Å². The molecule has 160 valence electrons. The fourth-order valence-corrected chi connectivity index (χ4v) is 5.23. The number of amides is 2. The van der Waals surface area contributed by atoms with E-state index >= 15 is 0 Å². The molecule has 7 nitrogen and oxygen atoms in total. The number of nitrogens with zero attached hydrogens (tertiary/aromatic N) is 3. The fourth-order valence-electron chi connectivity index (χ4n) is 5.23. The Bertz CT molecular complexity index is 820. The second-order valence-electron chi connectivity index (χ2n) is 8.84. The van der Waals surface area contributed by atoms with Crippen molar-refractivity contribution in [1.29, 1.82) is 0 Å². The van der Waals surface area contributed by atoms with Gasteiger partial charge >= 0.3 is 0 Å². The van der Waals surface area contributed by atoms with Crippen LogP contribution >= 0.6 is 0 Å². The number of nitrogens with one attached hydrogen (secondary N) is 2. The molecule has 2 N–H and O–H groups in total. The molecular formula is C23H31N5O2. The Morgan fingerprint density at radius 1 is 1.20 bits per heavy atom. The molecule has 2 bridgehead atoms. The molecule has 3 aliphatic rings. The van der Waals surface area contributed by atoms with Crippen LogP contribution in [0, 0.1) is 29.6 Å². The van der Waals surface area contributed by atoms with Gasteiger partial charge < -0.3 is 10.6 Å². The summed E-state index contributed by atoms with van der Waals surface area (Å²) < 4.78 is 0. The summed E-state index contributed by atoms with van der Waals surface area (Å²) in [6.45, 7) is 5.97. The Kier molecular flexibility index (Phi) is 5.88. The van der Waals surface area contributed by atoms with Crippen LogP contribution in [0.3, 0.4) is 0 Å². The Morgan fingerprint density at radius 3 is 2.47 bits per heavy atom. The van der Waals surface area contributed by atoms with Gasteiger partial charge in [-0.15, -0.1) is 0 Å². The number of likely N-dealkylation sites (tertiary alicyclic amines) is 1. The number of aliphatic imine (C=N–C) groups is 1. The molecular weight excluding hydrogens is 378 g/mol. The van der Waals surface area contributed by atoms with E-state index in [1.807, 2.05) is 12.3 Å². The van der Waals surface area contributed by atoms with E-state index in [1.54, 1.807) is 13.2 Å². The van der Waals surface area contributed by atoms with Crippen molar-refractivity contribution in [3.05, 3.63) is 42.2 Å². The average Bonchev–Trinajstić information content (AvgIpc) is 3.42. The molecule has 7 heteroatoms. The average molecular weight is 410 g/mol. The van der Waals surface area contributed by atoms with E-state index < -0.39 is 0 Å². The minimum Gasteiger partial charge on any atom is -0.356 e. The van der Waals surface area contributed by atoms with Crippen LogP contribution in [0.15, 0.2) is 41.7 Å². The van der Waals surface area contributed by atoms with Crippen LogP contribution < -0.4 is 10.6 Å². The molecule has 1 saturated carbocycles. The van der Waals surface area contributed by atoms with Crippen LogP contribution in [0.1, 0.15) is 31.7 Å². The molecule has 1 aromatic heterocycles. The van der Waals surface area contributed by atoms with Gasteiger partial charge in [0.1, 0.15) is 0 Å². The number of carbonyl (C=O) groups excluding carboxylic acids is 2. The lowest BCUT2D eigenvalue weighted by Crippen LogP contribution is -2.44. The zero-order valence-corrected chi connectivity index (χ0v) is 17.9. The van der Waals surface area contributed by atoms with Gasteiger partial charge in [0.2, 0.25) is 11.8 Å². The van der Waals surface area contributed by atoms with Crippen molar-refractivity contribution >= 4 is 17.8 Å². The molecule has 30 heavy (non-hydrogen) atoms. The molecule has 2 amide bonds. The van der Waals surface area contributed by atoms with E-state index in [1.165, 1.54) is 10.5 Å². The summed E-state index contributed by atoms with van der Waals surface area (Å²) in [6.07, 6.45) is 8.90. The van der Waals surface area contributed by atoms with Crippen molar-refractivity contribution in [1.82, 2.24) is 20.5 Å². The van der Waals surface area contributed by atoms with Crippen LogP contribution in [0.25, 0.3) is 0 Å². The van der Waals surface area contributed by atoms with E-state index in [0.717, 1.165) is 13.0 Å². The minimum atomic E-state index is -0.129. The van der Waals surface area contributed by atoms with Gasteiger partial charge in [-0.05, 0) is 35.8 Å². The maximum absolute atomic E-state index is 12.8. The lowest BCUT2D eigenvalue weighted by molar-refractivity contribution is -0.140. The van der Waals surface area contributed by atoms with Crippen molar-refractivity contribution < 1.29 is 9.59 Å². The standard InChI is InChI=1S/C23H31N5O2/c1-14(2)18(17-5-4-8-25-12-17)13-27-23(24-3)26-9-10-28-21(29)19-15-6-7-16(11-15)20(19)22(28)30/h4-8,12,14-16,18-20H,9-11,13H2,1-3H3,(H2,24,26,27). The Balaban J connectivity index is 1.28. The van der Waals surface area contributed by atoms with Crippen LogP contribution in [0.5, 0.6) is 0 Å². The summed E-state index contributed by atoms with van der Waals surface area (Å²) in [7, 11) is 1.73. The Labute approximate surface area is 178 Å². The first-order chi connectivity index (χ1) is 14.5. The third-order valence-corrected chi connectivity index (χ3v) is 6.82. The normalized spacial score (nSPS) is 28.4. The second kappa shape index (κ2) is 8.58. The van der Waals surface area contributed by atoms with Gasteiger partial charge in [-0.3, -0.25) is 24.5 Å². The van der Waals surface area contributed by atoms with Gasteiger partial charge in [0.25, 0.3) is 0 Å². The van der Waals surface area contributed by atoms with Gasteiger partial charge in [0.05, 0.1) is 11.8 Å². The minimum absolute atomic E-state index is 0.00282. The first-order valence-corrected chi connectivity index (χ1v) is 10.9. The predicted molar refractivity (Wildman–Crippen MR) is 116 cm³/mol. The lowest BCUT2D eigenvalue weighted by Gasteiger charge is -2.23. The predicted octanol–water partition coefficient (Wildman–Crippen LogP) is 1.79. The molecule has 2 aliphatic carbocycles. The third-order valence-electron chi connectivity index (χ3n) is 6.82. The highest BCUT2D eigenvalue weighted by Crippen LogP contribution is 2.52. The number of imide groups is 1. The molecule has 0 radical (unpaired) electrons. The summed E-state index contributed by atoms with van der Waals surface area (Å²) in [4.78, 5) is 35.5. The lowest BCUT2D eigenvalue weighted by atomic mass is 9.85. The number of aromatic nitrogens is 1. The number of pyridine rings is 1. The molecule has 2 fully saturated rings. The van der Waals surface area contributed by atoms with Crippen LogP contribution in [-0.4, -0.2) is 54.3 Å². The number of allylic oxidation sites excluding steroid dienone is 2. The van der Waals surface area contributed by atoms with E-state index in [2.05, 4.69) is 52.7 Å². The zero-order chi connectivity index (χ0) is 21.3. The summed E-state index contributed by atoms with van der Waals surface area (Å²) in [5.74, 6) is 1.68. The highest BCUT2D eigenvalue weighted by Gasteiger charge is 2.58. The summed E-state index contributed by atoms with van der Waals surface area (Å²) in [6, 6.07) is 4.05. The van der Waals surface area contributed by atoms with Gasteiger partial charge in [-0.25, -0.2) is 0 Å². The molecule has 1 aromatic rings. The smallest absolute Gasteiger partial charge is 0.233 e. The molecule has 5 unspecified atom stereocenters. The van der Waals surface area contributed by atoms with E-state index in [-0.39, 0.29) is 35.5 Å². The van der Waals surface area contributed by atoms with Gasteiger partial charge in [-0.1, -0.05) is 32.1 Å². The molecule has 1 saturated heterocycles. The summed E-state index contributed by atoms with van der Waals surface area (Å²) in [5, 5.41) is 6.62. The van der Waals surface area contributed by atoms with Crippen molar-refractivity contribution in [2.75, 3.05) is 26.7 Å². The molecule has 2 heterocycles. The third kappa shape index (κ3) is 3.73. The monoisotopic (exact) mass is 409 g/mol. The van der Waals surface area contributed by atoms with Crippen molar-refractivity contribution in [3.63, 3.8) is 0 Å². The van der Waals surface area contributed by atoms with Crippen molar-refractivity contribution in [2.45, 2.75) is 26.2 Å². The van der Waals surface area contributed by atoms with Gasteiger partial charge in [0.15, 0.2) is 5.96 Å². The molecule has 1 aliphatic heterocycles. The molecule has 5 atom stereocenters. The van der Waals surface area contributed by atoms with E-state index in [0.29, 0.717) is 30.9 Å². The number of hydrogen-bond donors (Lipinski definition) is 2. The molecule has 0 spiro atoms. The number of hydrogen-bond acceptors (Lipinski definition) is 4. The largest absolute Gasteiger partial charge is 0.356 e. The van der Waals surface area contributed by atoms with Gasteiger partial charge in [0, 0.05) is 45.0 Å². The summed E-state index contributed by atoms with van der Waals surface area (Å²) in [5.41, 5.74) is 1.19. The Hall–Kier alpha value is -2.70. The van der Waals surface area contributed by atoms with Gasteiger partial charge in [-0.2, -0.15) is 0 Å². The number of fused-ring (bicyclic) bond motifs is 5. The van der Waals surface area contributed by atoms with E-state index in [4.69, 9.17) is 0 Å². The number of carbonyl (C=O) groups is 2. The first kappa shape index (κ1) is 20.6. The second-order valence-corrected chi connectivity index (χ2v) is 8.84. The molecule has 4 rings (SSSR count). The van der Waals surface area contributed by atoms with Crippen molar-refractivity contribution in [2.24, 2.45) is 34.6 Å². The summed E-state index contributed by atoms with van der Waals surface area (Å²) >= 11 is 0. The van der Waals surface area contributed by atoms with E-state index in [9.17, 15) is 9.59 Å². The Morgan fingerprint density at radius 2 is 1.90 bits per heavy atom. The number of rotatable bonds is 7. The first-order valence-electron chi connectivity index (χ1n) is 10.9. The maximum Gasteiger partial charge on any atom is 0.233 e. The quantitative estimate of drug-likeness (QED) is 0.310. The fraction of sp³-hybridized carbons (Fsp3) is 0.565. The SMILES string of the molecule is CN=C(NCCN1C(=O)C2C3C=CC(C3)C2C1=O)NCC(c1cccnc1)C(C)C. The van der Waals surface area contributed by atoms with Crippen LogP contribution in [0.2, 0.25) is 0 Å².